The molecule has 0 spiro atoms. The number of aromatic nitrogens is 4. The van der Waals surface area contributed by atoms with E-state index in [4.69, 9.17) is 0 Å². The third kappa shape index (κ3) is 2.85. The Morgan fingerprint density at radius 2 is 1.95 bits per heavy atom. The van der Waals surface area contributed by atoms with Crippen molar-refractivity contribution in [3.05, 3.63) is 39.1 Å². The predicted octanol–water partition coefficient (Wildman–Crippen LogP) is 3.04. The summed E-state index contributed by atoms with van der Waals surface area (Å²) < 4.78 is 37.6. The summed E-state index contributed by atoms with van der Waals surface area (Å²) in [6.45, 7) is 0. The normalized spacial score (nSPS) is 11.8. The number of nitrogens with one attached hydrogen (secondary N) is 1. The summed E-state index contributed by atoms with van der Waals surface area (Å²) in [5, 5.41) is 3.10. The number of nitrogens with zero attached hydrogens (tertiary/aromatic N) is 3. The molecule has 5 nitrogen and oxygen atoms in total. The maximum atomic E-state index is 12.5. The lowest BCUT2D eigenvalue weighted by Gasteiger charge is -2.01. The molecule has 0 aliphatic heterocycles. The highest BCUT2D eigenvalue weighted by Crippen LogP contribution is 2.32. The minimum absolute atomic E-state index is 0.00201. The average molecular weight is 330 g/mol. The SMILES string of the molecule is O=c1cc(-c2nccs2)nc(-c2nc(C(F)(F)F)cs2)[nH]1. The minimum Gasteiger partial charge on any atom is -0.304 e. The average Bonchev–Trinajstić information content (AvgIpc) is 3.09. The van der Waals surface area contributed by atoms with E-state index >= 15 is 0 Å². The highest BCUT2D eigenvalue weighted by atomic mass is 32.1. The highest BCUT2D eigenvalue weighted by molar-refractivity contribution is 7.13. The van der Waals surface area contributed by atoms with Gasteiger partial charge in [-0.25, -0.2) is 15.0 Å². The van der Waals surface area contributed by atoms with Crippen molar-refractivity contribution in [1.82, 2.24) is 19.9 Å². The summed E-state index contributed by atoms with van der Waals surface area (Å²) in [6, 6.07) is 1.24. The molecule has 10 heteroatoms. The summed E-state index contributed by atoms with van der Waals surface area (Å²) in [6.07, 6.45) is -2.98. The molecule has 3 rings (SSSR count). The van der Waals surface area contributed by atoms with Crippen LogP contribution in [0.4, 0.5) is 13.2 Å². The van der Waals surface area contributed by atoms with Gasteiger partial charge in [-0.1, -0.05) is 0 Å². The molecule has 0 saturated carbocycles. The van der Waals surface area contributed by atoms with Crippen LogP contribution in [0.5, 0.6) is 0 Å². The number of rotatable bonds is 2. The van der Waals surface area contributed by atoms with Crippen LogP contribution in [-0.4, -0.2) is 19.9 Å². The van der Waals surface area contributed by atoms with Crippen LogP contribution in [0.3, 0.4) is 0 Å². The van der Waals surface area contributed by atoms with Gasteiger partial charge in [0.1, 0.15) is 10.7 Å². The first-order valence-electron chi connectivity index (χ1n) is 5.48. The van der Waals surface area contributed by atoms with Gasteiger partial charge in [0.15, 0.2) is 16.5 Å². The van der Waals surface area contributed by atoms with Crippen molar-refractivity contribution in [2.75, 3.05) is 0 Å². The first-order chi connectivity index (χ1) is 9.93. The van der Waals surface area contributed by atoms with Gasteiger partial charge in [-0.05, 0) is 0 Å². The van der Waals surface area contributed by atoms with Crippen LogP contribution in [0.15, 0.2) is 27.8 Å². The molecule has 0 bridgehead atoms. The minimum atomic E-state index is -4.53. The Kier molecular flexibility index (Phi) is 3.33. The van der Waals surface area contributed by atoms with Crippen molar-refractivity contribution in [2.24, 2.45) is 0 Å². The Bertz CT molecular complexity index is 823. The Labute approximate surface area is 123 Å². The lowest BCUT2D eigenvalue weighted by molar-refractivity contribution is -0.140. The Morgan fingerprint density at radius 1 is 1.14 bits per heavy atom. The van der Waals surface area contributed by atoms with Crippen LogP contribution >= 0.6 is 22.7 Å². The molecule has 1 N–H and O–H groups in total. The molecule has 0 fully saturated rings. The molecule has 108 valence electrons. The molecule has 0 amide bonds. The van der Waals surface area contributed by atoms with Gasteiger partial charge in [-0.15, -0.1) is 22.7 Å². The van der Waals surface area contributed by atoms with Gasteiger partial charge in [-0.2, -0.15) is 13.2 Å². The summed E-state index contributed by atoms with van der Waals surface area (Å²) >= 11 is 2.04. The molecule has 0 saturated heterocycles. The zero-order chi connectivity index (χ0) is 15.0. The fraction of sp³-hybridized carbons (Fsp3) is 0.0909. The van der Waals surface area contributed by atoms with Gasteiger partial charge in [-0.3, -0.25) is 4.79 Å². The quantitative estimate of drug-likeness (QED) is 0.784. The second-order valence-electron chi connectivity index (χ2n) is 3.85. The second-order valence-corrected chi connectivity index (χ2v) is 5.60. The number of H-pyrrole nitrogens is 1. The van der Waals surface area contributed by atoms with Gasteiger partial charge in [0, 0.05) is 23.0 Å². The second kappa shape index (κ2) is 5.04. The third-order valence-corrected chi connectivity index (χ3v) is 4.03. The van der Waals surface area contributed by atoms with Gasteiger partial charge in [0.2, 0.25) is 0 Å². The van der Waals surface area contributed by atoms with E-state index < -0.39 is 17.4 Å². The number of hydrogen-bond donors (Lipinski definition) is 1. The maximum Gasteiger partial charge on any atom is 0.434 e. The van der Waals surface area contributed by atoms with Crippen LogP contribution in [0.2, 0.25) is 0 Å². The lowest BCUT2D eigenvalue weighted by Crippen LogP contribution is -2.09. The monoisotopic (exact) mass is 330 g/mol. The lowest BCUT2D eigenvalue weighted by atomic mass is 10.4. The topological polar surface area (TPSA) is 71.5 Å². The zero-order valence-corrected chi connectivity index (χ0v) is 11.6. The standard InChI is InChI=1S/C11H5F3N4OS2/c12-11(13,14)6-4-21-10(17-6)8-16-5(3-7(19)18-8)9-15-1-2-20-9/h1-4H,(H,16,18,19). The van der Waals surface area contributed by atoms with Gasteiger partial charge < -0.3 is 4.98 Å². The van der Waals surface area contributed by atoms with E-state index in [9.17, 15) is 18.0 Å². The van der Waals surface area contributed by atoms with Crippen molar-refractivity contribution in [1.29, 1.82) is 0 Å². The smallest absolute Gasteiger partial charge is 0.304 e. The van der Waals surface area contributed by atoms with E-state index in [-0.39, 0.29) is 10.8 Å². The van der Waals surface area contributed by atoms with Crippen molar-refractivity contribution >= 4 is 22.7 Å². The van der Waals surface area contributed by atoms with E-state index in [1.807, 2.05) is 0 Å². The fourth-order valence-corrected chi connectivity index (χ4v) is 2.90. The molecule has 0 unspecified atom stereocenters. The van der Waals surface area contributed by atoms with Crippen molar-refractivity contribution < 1.29 is 13.2 Å². The van der Waals surface area contributed by atoms with Crippen molar-refractivity contribution in [2.45, 2.75) is 6.18 Å². The third-order valence-electron chi connectivity index (χ3n) is 2.39. The summed E-state index contributed by atoms with van der Waals surface area (Å²) in [5.74, 6) is -0.00630. The van der Waals surface area contributed by atoms with Crippen LogP contribution in [-0.2, 0) is 6.18 Å². The zero-order valence-electron chi connectivity index (χ0n) is 10.0. The van der Waals surface area contributed by atoms with E-state index in [1.165, 1.54) is 17.4 Å². The van der Waals surface area contributed by atoms with Gasteiger partial charge in [0.05, 0.1) is 0 Å². The largest absolute Gasteiger partial charge is 0.434 e. The molecule has 21 heavy (non-hydrogen) atoms. The van der Waals surface area contributed by atoms with Gasteiger partial charge in [0.25, 0.3) is 5.56 Å². The Hall–Kier alpha value is -2.07. The maximum absolute atomic E-state index is 12.5. The van der Waals surface area contributed by atoms with E-state index in [0.717, 1.165) is 16.7 Å². The molecule has 0 radical (unpaired) electrons. The molecular weight excluding hydrogens is 325 g/mol. The van der Waals surface area contributed by atoms with E-state index in [2.05, 4.69) is 19.9 Å². The first kappa shape index (κ1) is 13.9. The number of halogens is 3. The molecule has 0 aliphatic carbocycles. The van der Waals surface area contributed by atoms with Crippen molar-refractivity contribution in [3.8, 4) is 21.5 Å². The van der Waals surface area contributed by atoms with E-state index in [1.54, 1.807) is 11.6 Å². The molecule has 0 aliphatic rings. The molecule has 3 aromatic rings. The van der Waals surface area contributed by atoms with Crippen molar-refractivity contribution in [3.63, 3.8) is 0 Å². The number of aromatic amines is 1. The summed E-state index contributed by atoms with van der Waals surface area (Å²) in [4.78, 5) is 25.6. The predicted molar refractivity (Wildman–Crippen MR) is 72.1 cm³/mol. The molecule has 3 heterocycles. The van der Waals surface area contributed by atoms with Gasteiger partial charge >= 0.3 is 6.18 Å². The molecule has 0 aromatic carbocycles. The fourth-order valence-electron chi connectivity index (χ4n) is 1.53. The highest BCUT2D eigenvalue weighted by Gasteiger charge is 2.34. The van der Waals surface area contributed by atoms with Crippen LogP contribution in [0.1, 0.15) is 5.69 Å². The summed E-state index contributed by atoms with van der Waals surface area (Å²) in [5.41, 5.74) is -1.19. The number of alkyl halides is 3. The first-order valence-corrected chi connectivity index (χ1v) is 7.24. The van der Waals surface area contributed by atoms with Crippen LogP contribution in [0, 0.1) is 0 Å². The Morgan fingerprint density at radius 3 is 2.57 bits per heavy atom. The summed E-state index contributed by atoms with van der Waals surface area (Å²) in [7, 11) is 0. The molecule has 0 atom stereocenters. The number of thiazole rings is 2. The van der Waals surface area contributed by atoms with Crippen LogP contribution < -0.4 is 5.56 Å². The van der Waals surface area contributed by atoms with E-state index in [0.29, 0.717) is 10.7 Å². The number of hydrogen-bond acceptors (Lipinski definition) is 6. The molecule has 3 aromatic heterocycles. The molecular formula is C11H5F3N4OS2. The Balaban J connectivity index is 2.07. The van der Waals surface area contributed by atoms with Crippen LogP contribution in [0.25, 0.3) is 21.5 Å².